The van der Waals surface area contributed by atoms with Crippen LogP contribution in [0.3, 0.4) is 0 Å². The van der Waals surface area contributed by atoms with Crippen LogP contribution >= 0.6 is 0 Å². The molecular formula is C24H28N4O6. The van der Waals surface area contributed by atoms with Crippen LogP contribution in [0.15, 0.2) is 24.3 Å². The molecule has 3 fully saturated rings. The van der Waals surface area contributed by atoms with Crippen LogP contribution < -0.4 is 15.4 Å². The molecular weight excluding hydrogens is 440 g/mol. The van der Waals surface area contributed by atoms with Crippen LogP contribution in [0.1, 0.15) is 36.2 Å². The van der Waals surface area contributed by atoms with Gasteiger partial charge in [0.05, 0.1) is 7.11 Å². The predicted octanol–water partition coefficient (Wildman–Crippen LogP) is 1.12. The van der Waals surface area contributed by atoms with Gasteiger partial charge in [-0.1, -0.05) is 6.07 Å². The minimum absolute atomic E-state index is 0.0234. The highest BCUT2D eigenvalue weighted by Gasteiger charge is 2.57. The number of H-pyrrole nitrogens is 1. The zero-order chi connectivity index (χ0) is 24.0. The molecule has 2 aliphatic heterocycles. The molecule has 1 unspecified atom stereocenters. The number of hydrogen-bond donors (Lipinski definition) is 4. The molecule has 1 saturated carbocycles. The quantitative estimate of drug-likeness (QED) is 0.480. The molecule has 10 nitrogen and oxygen atoms in total. The van der Waals surface area contributed by atoms with Gasteiger partial charge in [-0.25, -0.2) is 4.79 Å². The molecule has 1 aliphatic carbocycles. The van der Waals surface area contributed by atoms with E-state index in [-0.39, 0.29) is 30.1 Å². The van der Waals surface area contributed by atoms with E-state index in [0.717, 1.165) is 23.7 Å². The number of carbonyl (C=O) groups is 4. The molecule has 1 aromatic heterocycles. The van der Waals surface area contributed by atoms with Crippen LogP contribution in [0.2, 0.25) is 0 Å². The van der Waals surface area contributed by atoms with Gasteiger partial charge in [0.25, 0.3) is 5.91 Å². The molecule has 3 heterocycles. The van der Waals surface area contributed by atoms with Gasteiger partial charge in [-0.3, -0.25) is 14.4 Å². The van der Waals surface area contributed by atoms with Crippen LogP contribution in [-0.2, 0) is 14.4 Å². The highest BCUT2D eigenvalue weighted by atomic mass is 16.5. The molecule has 1 aromatic carbocycles. The van der Waals surface area contributed by atoms with E-state index in [9.17, 15) is 24.3 Å². The predicted molar refractivity (Wildman–Crippen MR) is 121 cm³/mol. The lowest BCUT2D eigenvalue weighted by atomic mass is 9.91. The van der Waals surface area contributed by atoms with E-state index in [2.05, 4.69) is 15.6 Å². The number of nitrogens with one attached hydrogen (secondary N) is 3. The molecule has 4 N–H and O–H groups in total. The molecule has 2 saturated heterocycles. The number of methoxy groups -OCH3 is 1. The molecule has 0 radical (unpaired) electrons. The van der Waals surface area contributed by atoms with Gasteiger partial charge in [0.1, 0.15) is 23.5 Å². The van der Waals surface area contributed by atoms with Gasteiger partial charge in [0.2, 0.25) is 11.8 Å². The molecule has 0 bridgehead atoms. The van der Waals surface area contributed by atoms with E-state index >= 15 is 0 Å². The van der Waals surface area contributed by atoms with Crippen LogP contribution in [0, 0.1) is 17.8 Å². The third-order valence-electron chi connectivity index (χ3n) is 7.29. The fourth-order valence-electron chi connectivity index (χ4n) is 5.41. The van der Waals surface area contributed by atoms with E-state index in [1.54, 1.807) is 13.2 Å². The standard InChI is InChI=1S/C24H28N4O6/c1-34-19-6-2-5-16-15(19)10-17(26-16)23(31)28-11-13-8-14(13)20(28)22(30)27-18(24(32)33)9-12-4-3-7-25-21(12)29/h2,5-6,10,12-14,18,20,26H,3-4,7-9,11H2,1H3,(H,25,29)(H,27,30)(H,32,33)/t12-,13-,14-,18?,20-/m0/s1. The van der Waals surface area contributed by atoms with Crippen molar-refractivity contribution in [1.29, 1.82) is 0 Å². The smallest absolute Gasteiger partial charge is 0.326 e. The van der Waals surface area contributed by atoms with E-state index < -0.39 is 29.9 Å². The Morgan fingerprint density at radius 1 is 1.32 bits per heavy atom. The first-order valence-electron chi connectivity index (χ1n) is 11.6. The summed E-state index contributed by atoms with van der Waals surface area (Å²) < 4.78 is 5.37. The number of aromatic nitrogens is 1. The molecule has 3 amide bonds. The van der Waals surface area contributed by atoms with Crippen molar-refractivity contribution in [2.24, 2.45) is 17.8 Å². The molecule has 5 atom stereocenters. The minimum atomic E-state index is -1.19. The first kappa shape index (κ1) is 22.2. The van der Waals surface area contributed by atoms with Gasteiger partial charge < -0.3 is 30.4 Å². The molecule has 0 spiro atoms. The third kappa shape index (κ3) is 3.97. The highest BCUT2D eigenvalue weighted by molar-refractivity contribution is 6.02. The Kier molecular flexibility index (Phi) is 5.66. The van der Waals surface area contributed by atoms with Crippen molar-refractivity contribution in [3.63, 3.8) is 0 Å². The number of hydrogen-bond acceptors (Lipinski definition) is 5. The molecule has 10 heteroatoms. The normalized spacial score (nSPS) is 26.5. The lowest BCUT2D eigenvalue weighted by molar-refractivity contribution is -0.143. The number of likely N-dealkylation sites (tertiary alicyclic amines) is 1. The summed E-state index contributed by atoms with van der Waals surface area (Å²) in [5.41, 5.74) is 1.11. The van der Waals surface area contributed by atoms with Gasteiger partial charge in [-0.2, -0.15) is 0 Å². The second kappa shape index (κ2) is 8.66. The minimum Gasteiger partial charge on any atom is -0.496 e. The molecule has 34 heavy (non-hydrogen) atoms. The summed E-state index contributed by atoms with van der Waals surface area (Å²) in [6, 6.07) is 5.29. The number of aliphatic carboxylic acids is 1. The molecule has 5 rings (SSSR count). The zero-order valence-electron chi connectivity index (χ0n) is 18.9. The van der Waals surface area contributed by atoms with Crippen molar-refractivity contribution in [3.05, 3.63) is 30.0 Å². The number of amides is 3. The average Bonchev–Trinajstić information content (AvgIpc) is 3.27. The van der Waals surface area contributed by atoms with Crippen LogP contribution in [-0.4, -0.2) is 71.0 Å². The average molecular weight is 469 g/mol. The zero-order valence-corrected chi connectivity index (χ0v) is 18.9. The second-order valence-electron chi connectivity index (χ2n) is 9.43. The number of carboxylic acid groups (broad SMARTS) is 1. The Bertz CT molecular complexity index is 1160. The Morgan fingerprint density at radius 2 is 2.15 bits per heavy atom. The number of benzene rings is 1. The summed E-state index contributed by atoms with van der Waals surface area (Å²) in [6.45, 7) is 1.04. The third-order valence-corrected chi connectivity index (χ3v) is 7.29. The fraction of sp³-hybridized carbons (Fsp3) is 0.500. The largest absolute Gasteiger partial charge is 0.496 e. The topological polar surface area (TPSA) is 141 Å². The van der Waals surface area contributed by atoms with Crippen molar-refractivity contribution in [2.45, 2.75) is 37.8 Å². The highest BCUT2D eigenvalue weighted by Crippen LogP contribution is 2.50. The first-order chi connectivity index (χ1) is 16.4. The first-order valence-corrected chi connectivity index (χ1v) is 11.6. The van der Waals surface area contributed by atoms with Crippen molar-refractivity contribution in [1.82, 2.24) is 20.5 Å². The lowest BCUT2D eigenvalue weighted by Gasteiger charge is -2.29. The summed E-state index contributed by atoms with van der Waals surface area (Å²) >= 11 is 0. The van der Waals surface area contributed by atoms with Crippen LogP contribution in [0.5, 0.6) is 5.75 Å². The van der Waals surface area contributed by atoms with Gasteiger partial charge >= 0.3 is 5.97 Å². The Morgan fingerprint density at radius 3 is 2.88 bits per heavy atom. The van der Waals surface area contributed by atoms with Crippen LogP contribution in [0.25, 0.3) is 10.9 Å². The molecule has 3 aliphatic rings. The van der Waals surface area contributed by atoms with E-state index in [1.165, 1.54) is 4.90 Å². The van der Waals surface area contributed by atoms with E-state index in [1.807, 2.05) is 18.2 Å². The Hall–Kier alpha value is -3.56. The maximum atomic E-state index is 13.4. The van der Waals surface area contributed by atoms with Crippen molar-refractivity contribution in [2.75, 3.05) is 20.2 Å². The number of aromatic amines is 1. The SMILES string of the molecule is COc1cccc2[nH]c(C(=O)N3C[C@@H]4C[C@@H]4[C@H]3C(=O)NC(C[C@@H]3CCCNC3=O)C(=O)O)cc12. The maximum Gasteiger partial charge on any atom is 0.326 e. The Balaban J connectivity index is 1.33. The number of piperidine rings is 2. The number of nitrogens with zero attached hydrogens (tertiary/aromatic N) is 1. The van der Waals surface area contributed by atoms with E-state index in [0.29, 0.717) is 31.0 Å². The van der Waals surface area contributed by atoms with Gasteiger partial charge in [0.15, 0.2) is 0 Å². The maximum absolute atomic E-state index is 13.4. The summed E-state index contributed by atoms with van der Waals surface area (Å²) in [6.07, 6.45) is 2.24. The number of rotatable bonds is 7. The summed E-state index contributed by atoms with van der Waals surface area (Å²) in [4.78, 5) is 55.2. The second-order valence-corrected chi connectivity index (χ2v) is 9.43. The summed E-state index contributed by atoms with van der Waals surface area (Å²) in [5.74, 6) is -1.69. The molecule has 180 valence electrons. The van der Waals surface area contributed by atoms with Gasteiger partial charge in [-0.05, 0) is 55.7 Å². The van der Waals surface area contributed by atoms with Crippen molar-refractivity contribution >= 4 is 34.6 Å². The molecule has 2 aromatic rings. The van der Waals surface area contributed by atoms with Gasteiger partial charge in [-0.15, -0.1) is 0 Å². The summed E-state index contributed by atoms with van der Waals surface area (Å²) in [5, 5.41) is 15.8. The number of ether oxygens (including phenoxy) is 1. The number of fused-ring (bicyclic) bond motifs is 2. The van der Waals surface area contributed by atoms with E-state index in [4.69, 9.17) is 4.74 Å². The fourth-order valence-corrected chi connectivity index (χ4v) is 5.41. The number of carboxylic acids is 1. The van der Waals surface area contributed by atoms with Gasteiger partial charge in [0, 0.05) is 29.9 Å². The monoisotopic (exact) mass is 468 g/mol. The van der Waals surface area contributed by atoms with Crippen molar-refractivity contribution < 1.29 is 29.0 Å². The lowest BCUT2D eigenvalue weighted by Crippen LogP contribution is -2.53. The van der Waals surface area contributed by atoms with Crippen molar-refractivity contribution in [3.8, 4) is 5.75 Å². The number of carbonyl (C=O) groups excluding carboxylic acids is 3. The summed E-state index contributed by atoms with van der Waals surface area (Å²) in [7, 11) is 1.56. The van der Waals surface area contributed by atoms with Crippen LogP contribution in [0.4, 0.5) is 0 Å². The Labute approximate surface area is 196 Å².